The van der Waals surface area contributed by atoms with Crippen molar-refractivity contribution >= 4 is 29.9 Å². The third-order valence-corrected chi connectivity index (χ3v) is 6.97. The number of hydrogen-bond acceptors (Lipinski definition) is 3. The number of nitrogens with zero attached hydrogens (tertiary/aromatic N) is 2. The predicted octanol–water partition coefficient (Wildman–Crippen LogP) is 2.34. The second-order valence-corrected chi connectivity index (χ2v) is 7.96. The highest BCUT2D eigenvalue weighted by molar-refractivity contribution is 14.0. The number of guanidine groups is 1. The topological polar surface area (TPSA) is 62.9 Å². The van der Waals surface area contributed by atoms with E-state index in [0.29, 0.717) is 35.5 Å². The summed E-state index contributed by atoms with van der Waals surface area (Å²) in [6.45, 7) is 6.36. The van der Waals surface area contributed by atoms with Crippen LogP contribution in [0.5, 0.6) is 0 Å². The predicted molar refractivity (Wildman–Crippen MR) is 108 cm³/mol. The highest BCUT2D eigenvalue weighted by atomic mass is 127. The number of rotatable bonds is 4. The second-order valence-electron chi connectivity index (χ2n) is 7.96. The second kappa shape index (κ2) is 7.66. The monoisotopic (exact) mass is 448 g/mol. The van der Waals surface area contributed by atoms with Crippen LogP contribution in [0.15, 0.2) is 4.99 Å². The third kappa shape index (κ3) is 3.07. The summed E-state index contributed by atoms with van der Waals surface area (Å²) in [5.41, 5.74) is 6.61. The van der Waals surface area contributed by atoms with Crippen LogP contribution in [-0.2, 0) is 4.74 Å². The molecule has 0 radical (unpaired) electrons. The van der Waals surface area contributed by atoms with Gasteiger partial charge in [-0.15, -0.1) is 24.0 Å². The first-order valence-corrected chi connectivity index (χ1v) is 9.67. The van der Waals surface area contributed by atoms with E-state index in [0.717, 1.165) is 19.7 Å². The van der Waals surface area contributed by atoms with Gasteiger partial charge in [0.1, 0.15) is 0 Å². The van der Waals surface area contributed by atoms with Gasteiger partial charge in [0.15, 0.2) is 5.96 Å². The van der Waals surface area contributed by atoms with E-state index in [2.05, 4.69) is 17.1 Å². The molecule has 2 aliphatic heterocycles. The number of likely N-dealkylation sites (N-methyl/N-ethyl adjacent to an activating group) is 1. The smallest absolute Gasteiger partial charge is 0.188 e. The minimum Gasteiger partial charge on any atom is -0.377 e. The van der Waals surface area contributed by atoms with E-state index in [1.165, 1.54) is 51.5 Å². The number of nitrogens with one attached hydrogen (secondary N) is 1. The van der Waals surface area contributed by atoms with Gasteiger partial charge in [-0.3, -0.25) is 9.89 Å². The Kier molecular flexibility index (Phi) is 5.97. The van der Waals surface area contributed by atoms with Gasteiger partial charge in [0.2, 0.25) is 0 Å². The van der Waals surface area contributed by atoms with Gasteiger partial charge in [-0.25, -0.2) is 0 Å². The summed E-state index contributed by atoms with van der Waals surface area (Å²) in [7, 11) is 0. The Morgan fingerprint density at radius 3 is 2.83 bits per heavy atom. The van der Waals surface area contributed by atoms with Gasteiger partial charge >= 0.3 is 0 Å². The number of hydrogen-bond donors (Lipinski definition) is 2. The molecule has 0 amide bonds. The molecule has 3 N–H and O–H groups in total. The molecule has 4 fully saturated rings. The van der Waals surface area contributed by atoms with Gasteiger partial charge < -0.3 is 15.8 Å². The van der Waals surface area contributed by atoms with Crippen LogP contribution in [0.2, 0.25) is 0 Å². The largest absolute Gasteiger partial charge is 0.377 e. The molecule has 2 saturated heterocycles. The molecule has 4 unspecified atom stereocenters. The molecule has 2 heterocycles. The first-order chi connectivity index (χ1) is 11.2. The lowest BCUT2D eigenvalue weighted by Gasteiger charge is -2.57. The maximum atomic E-state index is 6.26. The van der Waals surface area contributed by atoms with Gasteiger partial charge in [0, 0.05) is 30.0 Å². The van der Waals surface area contributed by atoms with E-state index in [1.807, 2.05) is 0 Å². The third-order valence-electron chi connectivity index (χ3n) is 6.97. The van der Waals surface area contributed by atoms with Crippen molar-refractivity contribution in [1.29, 1.82) is 0 Å². The van der Waals surface area contributed by atoms with Crippen molar-refractivity contribution in [3.63, 3.8) is 0 Å². The zero-order valence-electron chi connectivity index (χ0n) is 14.9. The molecule has 5 nitrogen and oxygen atoms in total. The first-order valence-electron chi connectivity index (χ1n) is 9.67. The number of ether oxygens (including phenoxy) is 1. The van der Waals surface area contributed by atoms with Gasteiger partial charge in [-0.1, -0.05) is 19.8 Å². The standard InChI is InChI=1S/C18H32N4O.HI/c1-2-22-10-5-6-13(22)12-20-17(19)21-15-14-7-11-23-16(14)18(15)8-3-4-9-18;/h13-16H,2-12H2,1H3,(H3,19,20,21);1H. The van der Waals surface area contributed by atoms with Crippen LogP contribution in [0.1, 0.15) is 51.9 Å². The zero-order chi connectivity index (χ0) is 15.9. The first kappa shape index (κ1) is 18.7. The summed E-state index contributed by atoms with van der Waals surface area (Å²) in [6, 6.07) is 1.08. The van der Waals surface area contributed by atoms with E-state index < -0.39 is 0 Å². The minimum absolute atomic E-state index is 0. The molecule has 0 aromatic carbocycles. The van der Waals surface area contributed by atoms with E-state index >= 15 is 0 Å². The highest BCUT2D eigenvalue weighted by Gasteiger charge is 2.65. The van der Waals surface area contributed by atoms with Crippen molar-refractivity contribution in [2.75, 3.05) is 26.2 Å². The lowest BCUT2D eigenvalue weighted by molar-refractivity contribution is -0.124. The quantitative estimate of drug-likeness (QED) is 0.394. The molecule has 6 heteroatoms. The molecule has 138 valence electrons. The Hall–Kier alpha value is -0.0800. The van der Waals surface area contributed by atoms with Gasteiger partial charge in [0.05, 0.1) is 12.6 Å². The maximum Gasteiger partial charge on any atom is 0.188 e. The van der Waals surface area contributed by atoms with Gasteiger partial charge in [-0.2, -0.15) is 0 Å². The fourth-order valence-electron chi connectivity index (χ4n) is 5.83. The Labute approximate surface area is 163 Å². The van der Waals surface area contributed by atoms with Crippen molar-refractivity contribution in [3.05, 3.63) is 0 Å². The molecule has 4 aliphatic rings. The van der Waals surface area contributed by atoms with Crippen LogP contribution in [0.3, 0.4) is 0 Å². The van der Waals surface area contributed by atoms with Crippen LogP contribution in [0.25, 0.3) is 0 Å². The fraction of sp³-hybridized carbons (Fsp3) is 0.944. The molecular weight excluding hydrogens is 415 g/mol. The number of likely N-dealkylation sites (tertiary alicyclic amines) is 1. The molecule has 2 saturated carbocycles. The lowest BCUT2D eigenvalue weighted by atomic mass is 9.54. The van der Waals surface area contributed by atoms with Crippen molar-refractivity contribution in [2.45, 2.75) is 70.1 Å². The number of nitrogens with two attached hydrogens (primary N) is 1. The van der Waals surface area contributed by atoms with Crippen LogP contribution in [-0.4, -0.2) is 55.3 Å². The summed E-state index contributed by atoms with van der Waals surface area (Å²) >= 11 is 0. The van der Waals surface area contributed by atoms with Crippen LogP contribution in [0.4, 0.5) is 0 Å². The molecular formula is C18H33IN4O. The Balaban J connectivity index is 0.00000169. The number of aliphatic imine (C=N–C) groups is 1. The summed E-state index contributed by atoms with van der Waals surface area (Å²) in [5, 5.41) is 3.61. The Morgan fingerprint density at radius 1 is 1.29 bits per heavy atom. The minimum atomic E-state index is 0. The number of fused-ring (bicyclic) bond motifs is 2. The van der Waals surface area contributed by atoms with Gasteiger partial charge in [0.25, 0.3) is 0 Å². The van der Waals surface area contributed by atoms with Crippen molar-refractivity contribution < 1.29 is 4.74 Å². The molecule has 24 heavy (non-hydrogen) atoms. The average Bonchev–Trinajstić information content (AvgIpc) is 3.29. The van der Waals surface area contributed by atoms with E-state index in [-0.39, 0.29) is 24.0 Å². The maximum absolute atomic E-state index is 6.26. The van der Waals surface area contributed by atoms with Crippen LogP contribution >= 0.6 is 24.0 Å². The molecule has 4 atom stereocenters. The van der Waals surface area contributed by atoms with E-state index in [1.54, 1.807) is 0 Å². The lowest BCUT2D eigenvalue weighted by Crippen LogP contribution is -2.69. The average molecular weight is 448 g/mol. The Bertz CT molecular complexity index is 466. The summed E-state index contributed by atoms with van der Waals surface area (Å²) in [4.78, 5) is 7.22. The molecule has 0 bridgehead atoms. The number of halogens is 1. The van der Waals surface area contributed by atoms with Crippen LogP contribution in [0, 0.1) is 11.3 Å². The van der Waals surface area contributed by atoms with Crippen molar-refractivity contribution in [3.8, 4) is 0 Å². The molecule has 0 aromatic rings. The zero-order valence-corrected chi connectivity index (χ0v) is 17.2. The SMILES string of the molecule is CCN1CCCC1CN=C(N)NC1C2CCOC2C12CCCC2.I. The van der Waals surface area contributed by atoms with Crippen molar-refractivity contribution in [2.24, 2.45) is 22.1 Å². The molecule has 0 aromatic heterocycles. The normalized spacial score (nSPS) is 38.0. The van der Waals surface area contributed by atoms with E-state index in [9.17, 15) is 0 Å². The summed E-state index contributed by atoms with van der Waals surface area (Å²) < 4.78 is 6.04. The van der Waals surface area contributed by atoms with Crippen LogP contribution < -0.4 is 11.1 Å². The molecule has 2 aliphatic carbocycles. The molecule has 4 rings (SSSR count). The van der Waals surface area contributed by atoms with E-state index in [4.69, 9.17) is 15.5 Å². The molecule has 1 spiro atoms. The summed E-state index contributed by atoms with van der Waals surface area (Å²) in [6.07, 6.45) is 9.51. The van der Waals surface area contributed by atoms with Crippen molar-refractivity contribution in [1.82, 2.24) is 10.2 Å². The fourth-order valence-corrected chi connectivity index (χ4v) is 5.83. The highest BCUT2D eigenvalue weighted by Crippen LogP contribution is 2.60. The summed E-state index contributed by atoms with van der Waals surface area (Å²) in [5.74, 6) is 1.31. The Morgan fingerprint density at radius 2 is 2.08 bits per heavy atom. The van der Waals surface area contributed by atoms with Gasteiger partial charge in [-0.05, 0) is 45.2 Å².